The fourth-order valence-electron chi connectivity index (χ4n) is 2.43. The number of benzene rings is 1. The summed E-state index contributed by atoms with van der Waals surface area (Å²) in [6.45, 7) is 2.10. The topological polar surface area (TPSA) is 66.9 Å². The Morgan fingerprint density at radius 2 is 1.92 bits per heavy atom. The molecule has 0 saturated heterocycles. The highest BCUT2D eigenvalue weighted by molar-refractivity contribution is 14.2. The van der Waals surface area contributed by atoms with Gasteiger partial charge >= 0.3 is 5.97 Å². The van der Waals surface area contributed by atoms with Crippen LogP contribution in [-0.2, 0) is 9.53 Å². The number of allylic oxidation sites excluding steroid dienone is 1. The summed E-state index contributed by atoms with van der Waals surface area (Å²) in [4.78, 5) is 16.5. The largest absolute Gasteiger partial charge is 0.493 e. The first-order chi connectivity index (χ1) is 12.7. The molecule has 0 bridgehead atoms. The fourth-order valence-corrected chi connectivity index (χ4v) is 4.10. The van der Waals surface area contributed by atoms with E-state index in [1.807, 2.05) is 20.2 Å². The van der Waals surface area contributed by atoms with E-state index in [9.17, 15) is 4.79 Å². The summed E-state index contributed by atoms with van der Waals surface area (Å²) in [5.74, 6) is 1.84. The lowest BCUT2D eigenvalue weighted by Gasteiger charge is -2.15. The first-order valence-electron chi connectivity index (χ1n) is 7.89. The molecule has 0 fully saturated rings. The zero-order valence-electron chi connectivity index (χ0n) is 14.6. The highest BCUT2D eigenvalue weighted by atomic mass is 127. The molecule has 2 aromatic rings. The lowest BCUT2D eigenvalue weighted by atomic mass is 10.1. The molecule has 1 aromatic heterocycles. The van der Waals surface area contributed by atoms with Crippen molar-refractivity contribution in [2.75, 3.05) is 20.8 Å². The Morgan fingerprint density at radius 1 is 1.15 bits per heavy atom. The smallest absolute Gasteiger partial charge is 0.342 e. The van der Waals surface area contributed by atoms with Gasteiger partial charge in [-0.25, -0.2) is 4.79 Å². The molecular formula is C19H18INO5. The minimum absolute atomic E-state index is 0.317. The van der Waals surface area contributed by atoms with Crippen molar-refractivity contribution in [3.63, 3.8) is 0 Å². The molecule has 6 nitrogen and oxygen atoms in total. The Hall–Kier alpha value is -2.42. The summed E-state index contributed by atoms with van der Waals surface area (Å²) < 4.78 is 25.8. The first-order valence-corrected chi connectivity index (χ1v) is 10.4. The number of nitrogens with zero attached hydrogens (tertiary/aromatic N) is 1. The molecule has 26 heavy (non-hydrogen) atoms. The van der Waals surface area contributed by atoms with Crippen LogP contribution in [0.1, 0.15) is 6.92 Å². The van der Waals surface area contributed by atoms with E-state index < -0.39 is 0 Å². The van der Waals surface area contributed by atoms with Gasteiger partial charge in [-0.15, -0.1) is 0 Å². The summed E-state index contributed by atoms with van der Waals surface area (Å²) in [5.41, 5.74) is 1.17. The van der Waals surface area contributed by atoms with Crippen molar-refractivity contribution in [3.05, 3.63) is 45.9 Å². The van der Waals surface area contributed by atoms with E-state index in [1.165, 1.54) is 0 Å². The number of rotatable bonds is 6. The molecule has 7 heteroatoms. The number of carbonyl (C=O) groups is 1. The number of pyridine rings is 1. The van der Waals surface area contributed by atoms with Crippen LogP contribution < -0.4 is 14.2 Å². The van der Waals surface area contributed by atoms with E-state index in [-0.39, 0.29) is 26.7 Å². The average molecular weight is 467 g/mol. The second kappa shape index (κ2) is 8.31. The fraction of sp³-hybridized carbons (Fsp3) is 0.211. The molecule has 0 aliphatic carbocycles. The molecule has 0 saturated carbocycles. The summed E-state index contributed by atoms with van der Waals surface area (Å²) in [6, 6.07) is 5.35. The Morgan fingerprint density at radius 3 is 2.65 bits per heavy atom. The number of esters is 1. The third-order valence-electron chi connectivity index (χ3n) is 3.65. The molecule has 0 N–H and O–H groups in total. The monoisotopic (exact) mass is 467 g/mol. The van der Waals surface area contributed by atoms with Crippen LogP contribution in [0.5, 0.6) is 17.2 Å². The van der Waals surface area contributed by atoms with Crippen LogP contribution in [0.15, 0.2) is 45.9 Å². The van der Waals surface area contributed by atoms with Crippen LogP contribution in [0.2, 0.25) is 0 Å². The number of ether oxygens (including phenoxy) is 4. The second-order valence-corrected chi connectivity index (χ2v) is 7.22. The zero-order chi connectivity index (χ0) is 18.5. The Labute approximate surface area is 161 Å². The summed E-state index contributed by atoms with van der Waals surface area (Å²) in [7, 11) is 3.15. The molecule has 3 rings (SSSR count). The molecule has 0 spiro atoms. The molecule has 1 aliphatic rings. The van der Waals surface area contributed by atoms with Crippen LogP contribution >= 0.6 is 20.7 Å². The van der Waals surface area contributed by atoms with Crippen LogP contribution in [0.4, 0.5) is 0 Å². The highest BCUT2D eigenvalue weighted by Gasteiger charge is 2.18. The number of halogens is 1. The number of carbonyl (C=O) groups excluding carboxylic acids is 1. The van der Waals surface area contributed by atoms with Crippen LogP contribution in [-0.4, -0.2) is 35.8 Å². The van der Waals surface area contributed by atoms with Crippen molar-refractivity contribution in [1.82, 2.24) is 4.98 Å². The van der Waals surface area contributed by atoms with E-state index in [4.69, 9.17) is 18.9 Å². The average Bonchev–Trinajstić information content (AvgIpc) is 2.67. The van der Waals surface area contributed by atoms with Gasteiger partial charge in [0.25, 0.3) is 0 Å². The third kappa shape index (κ3) is 3.72. The molecule has 136 valence electrons. The maximum Gasteiger partial charge on any atom is 0.342 e. The van der Waals surface area contributed by atoms with Gasteiger partial charge in [0, 0.05) is 17.6 Å². The van der Waals surface area contributed by atoms with Gasteiger partial charge in [-0.2, -0.15) is 0 Å². The normalized spacial score (nSPS) is 13.3. The van der Waals surface area contributed by atoms with E-state index in [1.54, 1.807) is 39.5 Å². The molecule has 1 aliphatic heterocycles. The number of fused-ring (bicyclic) bond motifs is 1. The minimum Gasteiger partial charge on any atom is -0.493 e. The standard InChI is InChI=1S/C19H18INO5/c1-4-25-19(22)13-11-20-7-5-15(13)26-16-6-8-21-14-10-18(24-3)17(23-2)9-12(14)16/h5-11H,4H2,1-3H3. The third-order valence-corrected chi connectivity index (χ3v) is 5.40. The van der Waals surface area contributed by atoms with E-state index >= 15 is 0 Å². The summed E-state index contributed by atoms with van der Waals surface area (Å²) in [6.07, 6.45) is 3.48. The highest BCUT2D eigenvalue weighted by Crippen LogP contribution is 2.36. The number of hydrogen-bond donors (Lipinski definition) is 0. The van der Waals surface area contributed by atoms with Gasteiger partial charge in [0.05, 0.1) is 26.3 Å². The number of hydrogen-bond acceptors (Lipinski definition) is 6. The van der Waals surface area contributed by atoms with Crippen molar-refractivity contribution in [1.29, 1.82) is 0 Å². The van der Waals surface area contributed by atoms with Crippen LogP contribution in [0.3, 0.4) is 0 Å². The quantitative estimate of drug-likeness (QED) is 0.477. The van der Waals surface area contributed by atoms with E-state index in [0.29, 0.717) is 40.7 Å². The van der Waals surface area contributed by atoms with Gasteiger partial charge in [0.15, 0.2) is 11.5 Å². The lowest BCUT2D eigenvalue weighted by Crippen LogP contribution is -2.13. The van der Waals surface area contributed by atoms with E-state index in [0.717, 1.165) is 5.39 Å². The predicted octanol–water partition coefficient (Wildman–Crippen LogP) is 3.75. The number of methoxy groups -OCH3 is 2. The Bertz CT molecular complexity index is 933. The van der Waals surface area contributed by atoms with E-state index in [2.05, 4.69) is 4.98 Å². The summed E-state index contributed by atoms with van der Waals surface area (Å²) >= 11 is -0.317. The number of aromatic nitrogens is 1. The first kappa shape index (κ1) is 18.4. The molecular weight excluding hydrogens is 449 g/mol. The van der Waals surface area contributed by atoms with Gasteiger partial charge in [-0.3, -0.25) is 4.98 Å². The molecule has 2 heterocycles. The molecule has 1 aromatic carbocycles. The van der Waals surface area contributed by atoms with Crippen LogP contribution in [0.25, 0.3) is 10.9 Å². The van der Waals surface area contributed by atoms with Crippen molar-refractivity contribution < 1.29 is 23.7 Å². The predicted molar refractivity (Wildman–Crippen MR) is 108 cm³/mol. The maximum atomic E-state index is 12.2. The van der Waals surface area contributed by atoms with Gasteiger partial charge in [-0.05, 0) is 33.2 Å². The summed E-state index contributed by atoms with van der Waals surface area (Å²) in [5, 5.41) is 0.759. The van der Waals surface area contributed by atoms with Crippen LogP contribution in [0, 0.1) is 0 Å². The van der Waals surface area contributed by atoms with Gasteiger partial charge in [0.2, 0.25) is 0 Å². The minimum atomic E-state index is -0.371. The van der Waals surface area contributed by atoms with Gasteiger partial charge in [-0.1, -0.05) is 20.7 Å². The van der Waals surface area contributed by atoms with Gasteiger partial charge in [0.1, 0.15) is 17.1 Å². The molecule has 0 atom stereocenters. The SMILES string of the molecule is CCOC(=O)C1=C(Oc2ccnc3cc(OC)c(OC)cc23)C=CI=C1. The van der Waals surface area contributed by atoms with Crippen molar-refractivity contribution in [2.45, 2.75) is 6.92 Å². The van der Waals surface area contributed by atoms with Crippen molar-refractivity contribution >= 4 is 41.6 Å². The van der Waals surface area contributed by atoms with Crippen molar-refractivity contribution in [3.8, 4) is 17.2 Å². The van der Waals surface area contributed by atoms with Gasteiger partial charge < -0.3 is 18.9 Å². The second-order valence-electron chi connectivity index (χ2n) is 5.16. The molecule has 0 radical (unpaired) electrons. The molecule has 0 amide bonds. The van der Waals surface area contributed by atoms with Crippen molar-refractivity contribution in [2.24, 2.45) is 0 Å². The Kier molecular flexibility index (Phi) is 5.87. The zero-order valence-corrected chi connectivity index (χ0v) is 16.8. The maximum absolute atomic E-state index is 12.2. The molecule has 0 unspecified atom stereocenters. The lowest BCUT2D eigenvalue weighted by molar-refractivity contribution is -0.137. The Balaban J connectivity index is 2.06.